The Hall–Kier alpha value is -2.02. The zero-order valence-electron chi connectivity index (χ0n) is 14.6. The number of rotatable bonds is 8. The summed E-state index contributed by atoms with van der Waals surface area (Å²) < 4.78 is 5.78. The summed E-state index contributed by atoms with van der Waals surface area (Å²) in [5.41, 5.74) is 9.16. The molecule has 134 valence electrons. The number of guanidine groups is 1. The van der Waals surface area contributed by atoms with Crippen molar-refractivity contribution >= 4 is 29.9 Å². The summed E-state index contributed by atoms with van der Waals surface area (Å²) in [4.78, 5) is 4.19. The van der Waals surface area contributed by atoms with Gasteiger partial charge in [-0.2, -0.15) is 0 Å². The second-order valence-electron chi connectivity index (χ2n) is 5.75. The molecular weight excluding hydrogens is 425 g/mol. The molecule has 0 radical (unpaired) electrons. The first-order valence-corrected chi connectivity index (χ1v) is 8.07. The first-order chi connectivity index (χ1) is 11.6. The minimum Gasteiger partial charge on any atom is -0.489 e. The molecular formula is C20H26IN3O. The summed E-state index contributed by atoms with van der Waals surface area (Å²) in [7, 11) is 0. The molecule has 0 spiro atoms. The highest BCUT2D eigenvalue weighted by atomic mass is 127. The van der Waals surface area contributed by atoms with Gasteiger partial charge >= 0.3 is 0 Å². The van der Waals surface area contributed by atoms with E-state index in [1.165, 1.54) is 5.56 Å². The Kier molecular flexibility index (Phi) is 9.69. The molecule has 0 unspecified atom stereocenters. The van der Waals surface area contributed by atoms with E-state index >= 15 is 0 Å². The van der Waals surface area contributed by atoms with Gasteiger partial charge in [0.25, 0.3) is 0 Å². The number of ether oxygens (including phenoxy) is 1. The standard InChI is InChI=1S/C20H25N3O.HI/c1-16(2)14-23-20(21)22-13-12-17-8-10-19(11-9-17)24-15-18-6-4-3-5-7-18;/h3-11H,1,12-15H2,2H3,(H3,21,22,23);1H. The molecule has 0 atom stereocenters. The van der Waals surface area contributed by atoms with Crippen molar-refractivity contribution < 1.29 is 4.74 Å². The average Bonchev–Trinajstić information content (AvgIpc) is 2.60. The number of benzene rings is 2. The van der Waals surface area contributed by atoms with Gasteiger partial charge in [0.15, 0.2) is 5.96 Å². The Morgan fingerprint density at radius 1 is 1.08 bits per heavy atom. The lowest BCUT2D eigenvalue weighted by molar-refractivity contribution is 0.306. The molecule has 0 aliphatic rings. The van der Waals surface area contributed by atoms with Crippen molar-refractivity contribution in [3.8, 4) is 5.75 Å². The fourth-order valence-electron chi connectivity index (χ4n) is 2.10. The van der Waals surface area contributed by atoms with Crippen LogP contribution in [0.15, 0.2) is 71.7 Å². The predicted octanol–water partition coefficient (Wildman–Crippen LogP) is 3.91. The third kappa shape index (κ3) is 8.58. The number of nitrogens with two attached hydrogens (primary N) is 1. The van der Waals surface area contributed by atoms with Crippen LogP contribution >= 0.6 is 24.0 Å². The van der Waals surface area contributed by atoms with E-state index in [2.05, 4.69) is 41.2 Å². The quantitative estimate of drug-likeness (QED) is 0.277. The number of aliphatic imine (C=N–C) groups is 1. The van der Waals surface area contributed by atoms with E-state index in [0.717, 1.165) is 29.9 Å². The highest BCUT2D eigenvalue weighted by Gasteiger charge is 1.98. The van der Waals surface area contributed by atoms with Crippen LogP contribution in [0.2, 0.25) is 0 Å². The van der Waals surface area contributed by atoms with Gasteiger partial charge in [-0.25, -0.2) is 4.99 Å². The van der Waals surface area contributed by atoms with Gasteiger partial charge in [0, 0.05) is 6.54 Å². The summed E-state index contributed by atoms with van der Waals surface area (Å²) in [5, 5.41) is 3.10. The Balaban J connectivity index is 0.00000312. The molecule has 0 heterocycles. The lowest BCUT2D eigenvalue weighted by Gasteiger charge is -2.08. The van der Waals surface area contributed by atoms with Crippen molar-refractivity contribution in [1.82, 2.24) is 5.32 Å². The molecule has 0 aliphatic carbocycles. The molecule has 3 N–H and O–H groups in total. The molecule has 5 heteroatoms. The highest BCUT2D eigenvalue weighted by molar-refractivity contribution is 14.0. The maximum Gasteiger partial charge on any atom is 0.188 e. The molecule has 0 saturated carbocycles. The minimum absolute atomic E-state index is 0. The monoisotopic (exact) mass is 451 g/mol. The second kappa shape index (κ2) is 11.5. The maximum atomic E-state index is 5.78. The van der Waals surface area contributed by atoms with E-state index in [0.29, 0.717) is 19.1 Å². The van der Waals surface area contributed by atoms with Crippen molar-refractivity contribution in [2.75, 3.05) is 13.1 Å². The van der Waals surface area contributed by atoms with Crippen molar-refractivity contribution in [3.63, 3.8) is 0 Å². The van der Waals surface area contributed by atoms with Gasteiger partial charge in [-0.15, -0.1) is 24.0 Å². The lowest BCUT2D eigenvalue weighted by atomic mass is 10.1. The first-order valence-electron chi connectivity index (χ1n) is 8.07. The van der Waals surface area contributed by atoms with Crippen LogP contribution in [-0.4, -0.2) is 19.0 Å². The number of hydrogen-bond acceptors (Lipinski definition) is 2. The molecule has 0 saturated heterocycles. The van der Waals surface area contributed by atoms with Crippen LogP contribution in [0.1, 0.15) is 18.1 Å². The number of halogens is 1. The molecule has 4 nitrogen and oxygen atoms in total. The molecule has 25 heavy (non-hydrogen) atoms. The molecule has 0 bridgehead atoms. The molecule has 0 fully saturated rings. The fourth-order valence-corrected chi connectivity index (χ4v) is 2.10. The largest absolute Gasteiger partial charge is 0.489 e. The summed E-state index contributed by atoms with van der Waals surface area (Å²) in [6.07, 6.45) is 0.877. The van der Waals surface area contributed by atoms with Crippen molar-refractivity contribution in [2.24, 2.45) is 10.7 Å². The normalized spacial score (nSPS) is 10.7. The van der Waals surface area contributed by atoms with Gasteiger partial charge in [-0.05, 0) is 36.6 Å². The van der Waals surface area contributed by atoms with Crippen LogP contribution in [-0.2, 0) is 13.0 Å². The van der Waals surface area contributed by atoms with E-state index in [1.807, 2.05) is 37.3 Å². The van der Waals surface area contributed by atoms with Gasteiger partial charge in [-0.3, -0.25) is 0 Å². The lowest BCUT2D eigenvalue weighted by Crippen LogP contribution is -2.33. The first kappa shape index (κ1) is 21.0. The van der Waals surface area contributed by atoms with E-state index < -0.39 is 0 Å². The van der Waals surface area contributed by atoms with Gasteiger partial charge in [0.2, 0.25) is 0 Å². The van der Waals surface area contributed by atoms with Gasteiger partial charge in [0.05, 0.1) is 6.54 Å². The zero-order valence-corrected chi connectivity index (χ0v) is 16.9. The van der Waals surface area contributed by atoms with Gasteiger partial charge in [0.1, 0.15) is 12.4 Å². The fraction of sp³-hybridized carbons (Fsp3) is 0.250. The maximum absolute atomic E-state index is 5.78. The summed E-state index contributed by atoms with van der Waals surface area (Å²) in [6.45, 7) is 7.61. The number of nitrogens with one attached hydrogen (secondary N) is 1. The smallest absolute Gasteiger partial charge is 0.188 e. The average molecular weight is 451 g/mol. The highest BCUT2D eigenvalue weighted by Crippen LogP contribution is 2.14. The topological polar surface area (TPSA) is 59.6 Å². The Morgan fingerprint density at radius 3 is 2.40 bits per heavy atom. The number of nitrogens with zero attached hydrogens (tertiary/aromatic N) is 1. The van der Waals surface area contributed by atoms with E-state index in [9.17, 15) is 0 Å². The zero-order chi connectivity index (χ0) is 17.2. The van der Waals surface area contributed by atoms with Crippen molar-refractivity contribution in [1.29, 1.82) is 0 Å². The molecule has 0 aromatic heterocycles. The van der Waals surface area contributed by atoms with Gasteiger partial charge < -0.3 is 15.8 Å². The van der Waals surface area contributed by atoms with Gasteiger partial charge in [-0.1, -0.05) is 54.6 Å². The SMILES string of the molecule is C=C(C)CN=C(N)NCCc1ccc(OCc2ccccc2)cc1.I. The summed E-state index contributed by atoms with van der Waals surface area (Å²) in [6, 6.07) is 18.3. The predicted molar refractivity (Wildman–Crippen MR) is 116 cm³/mol. The third-order valence-corrected chi connectivity index (χ3v) is 3.41. The van der Waals surface area contributed by atoms with Crippen LogP contribution in [0, 0.1) is 0 Å². The van der Waals surface area contributed by atoms with Crippen LogP contribution in [0.25, 0.3) is 0 Å². The third-order valence-electron chi connectivity index (χ3n) is 3.41. The van der Waals surface area contributed by atoms with E-state index in [4.69, 9.17) is 10.5 Å². The summed E-state index contributed by atoms with van der Waals surface area (Å²) >= 11 is 0. The molecule has 0 amide bonds. The minimum atomic E-state index is 0. The second-order valence-corrected chi connectivity index (χ2v) is 5.75. The Labute approximate surface area is 167 Å². The van der Waals surface area contributed by atoms with E-state index in [-0.39, 0.29) is 24.0 Å². The van der Waals surface area contributed by atoms with Crippen LogP contribution in [0.3, 0.4) is 0 Å². The van der Waals surface area contributed by atoms with Crippen LogP contribution in [0.5, 0.6) is 5.75 Å². The molecule has 2 rings (SSSR count). The van der Waals surface area contributed by atoms with Crippen LogP contribution in [0.4, 0.5) is 0 Å². The van der Waals surface area contributed by atoms with Crippen molar-refractivity contribution in [2.45, 2.75) is 20.0 Å². The molecule has 0 aliphatic heterocycles. The summed E-state index contributed by atoms with van der Waals surface area (Å²) in [5.74, 6) is 1.33. The molecule has 2 aromatic carbocycles. The Morgan fingerprint density at radius 2 is 1.76 bits per heavy atom. The Bertz CT molecular complexity index is 669. The van der Waals surface area contributed by atoms with E-state index in [1.54, 1.807) is 0 Å². The van der Waals surface area contributed by atoms with Crippen LogP contribution < -0.4 is 15.8 Å². The number of hydrogen-bond donors (Lipinski definition) is 2. The van der Waals surface area contributed by atoms with Crippen molar-refractivity contribution in [3.05, 3.63) is 77.9 Å². The molecule has 2 aromatic rings.